The Balaban J connectivity index is 2.10. The van der Waals surface area contributed by atoms with Crippen molar-refractivity contribution in [3.63, 3.8) is 0 Å². The molecule has 0 unspecified atom stereocenters. The molecule has 1 aromatic rings. The number of hydrogen-bond acceptors (Lipinski definition) is 3. The highest BCUT2D eigenvalue weighted by Crippen LogP contribution is 2.26. The summed E-state index contributed by atoms with van der Waals surface area (Å²) in [6.07, 6.45) is 5.25. The number of aromatic nitrogens is 1. The SMILES string of the molecule is CCNCc1cnc(N2CC=C(C)CC2)c(Cl)c1. The van der Waals surface area contributed by atoms with Crippen LogP contribution in [-0.2, 0) is 6.54 Å². The van der Waals surface area contributed by atoms with Gasteiger partial charge in [0, 0.05) is 25.8 Å². The summed E-state index contributed by atoms with van der Waals surface area (Å²) in [7, 11) is 0. The molecule has 3 nitrogen and oxygen atoms in total. The maximum atomic E-state index is 6.33. The Morgan fingerprint density at radius 2 is 2.33 bits per heavy atom. The Bertz CT molecular complexity index is 443. The van der Waals surface area contributed by atoms with Crippen LogP contribution in [0.15, 0.2) is 23.9 Å². The fraction of sp³-hybridized carbons (Fsp3) is 0.500. The maximum absolute atomic E-state index is 6.33. The minimum Gasteiger partial charge on any atom is -0.351 e. The fourth-order valence-corrected chi connectivity index (χ4v) is 2.34. The summed E-state index contributed by atoms with van der Waals surface area (Å²) in [6.45, 7) is 7.95. The molecule has 0 bridgehead atoms. The zero-order valence-electron chi connectivity index (χ0n) is 11.0. The van der Waals surface area contributed by atoms with Crippen LogP contribution in [0.25, 0.3) is 0 Å². The van der Waals surface area contributed by atoms with Gasteiger partial charge < -0.3 is 10.2 Å². The summed E-state index contributed by atoms with van der Waals surface area (Å²) in [4.78, 5) is 6.73. The second kappa shape index (κ2) is 6.21. The molecule has 0 radical (unpaired) electrons. The molecule has 2 rings (SSSR count). The second-order valence-electron chi connectivity index (χ2n) is 4.68. The van der Waals surface area contributed by atoms with Gasteiger partial charge in [-0.25, -0.2) is 4.98 Å². The van der Waals surface area contributed by atoms with E-state index in [1.807, 2.05) is 12.3 Å². The zero-order valence-corrected chi connectivity index (χ0v) is 11.8. The van der Waals surface area contributed by atoms with Crippen molar-refractivity contribution in [2.45, 2.75) is 26.8 Å². The van der Waals surface area contributed by atoms with Crippen LogP contribution < -0.4 is 10.2 Å². The number of anilines is 1. The minimum absolute atomic E-state index is 0.748. The highest BCUT2D eigenvalue weighted by atomic mass is 35.5. The van der Waals surface area contributed by atoms with Crippen molar-refractivity contribution < 1.29 is 0 Å². The van der Waals surface area contributed by atoms with Gasteiger partial charge in [-0.1, -0.05) is 30.2 Å². The van der Waals surface area contributed by atoms with E-state index in [2.05, 4.69) is 35.1 Å². The van der Waals surface area contributed by atoms with Crippen LogP contribution in [0.4, 0.5) is 5.82 Å². The summed E-state index contributed by atoms with van der Waals surface area (Å²) in [5.41, 5.74) is 2.58. The molecule has 0 fully saturated rings. The van der Waals surface area contributed by atoms with Crippen LogP contribution in [0.1, 0.15) is 25.8 Å². The molecule has 0 atom stereocenters. The van der Waals surface area contributed by atoms with Gasteiger partial charge >= 0.3 is 0 Å². The third-order valence-corrected chi connectivity index (χ3v) is 3.47. The highest BCUT2D eigenvalue weighted by molar-refractivity contribution is 6.33. The summed E-state index contributed by atoms with van der Waals surface area (Å²) in [5.74, 6) is 0.903. The molecule has 1 aliphatic heterocycles. The summed E-state index contributed by atoms with van der Waals surface area (Å²) >= 11 is 6.33. The van der Waals surface area contributed by atoms with E-state index in [1.165, 1.54) is 5.57 Å². The molecular weight excluding hydrogens is 246 g/mol. The topological polar surface area (TPSA) is 28.2 Å². The van der Waals surface area contributed by atoms with E-state index in [0.29, 0.717) is 0 Å². The number of nitrogens with one attached hydrogen (secondary N) is 1. The summed E-state index contributed by atoms with van der Waals surface area (Å²) < 4.78 is 0. The molecule has 18 heavy (non-hydrogen) atoms. The molecule has 1 aromatic heterocycles. The summed E-state index contributed by atoms with van der Waals surface area (Å²) in [6, 6.07) is 2.01. The van der Waals surface area contributed by atoms with Crippen molar-refractivity contribution >= 4 is 17.4 Å². The van der Waals surface area contributed by atoms with Gasteiger partial charge in [0.2, 0.25) is 0 Å². The van der Waals surface area contributed by atoms with Crippen molar-refractivity contribution in [1.82, 2.24) is 10.3 Å². The van der Waals surface area contributed by atoms with Crippen LogP contribution in [-0.4, -0.2) is 24.6 Å². The van der Waals surface area contributed by atoms with Crippen molar-refractivity contribution in [2.75, 3.05) is 24.5 Å². The molecule has 1 N–H and O–H groups in total. The van der Waals surface area contributed by atoms with E-state index in [0.717, 1.165) is 49.0 Å². The largest absolute Gasteiger partial charge is 0.351 e. The van der Waals surface area contributed by atoms with Gasteiger partial charge in [0.25, 0.3) is 0 Å². The van der Waals surface area contributed by atoms with Gasteiger partial charge in [0.15, 0.2) is 0 Å². The molecule has 0 spiro atoms. The Hall–Kier alpha value is -1.06. The number of halogens is 1. The standard InChI is InChI=1S/C14H20ClN3/c1-3-16-9-12-8-13(15)14(17-10-12)18-6-4-11(2)5-7-18/h4,8,10,16H,3,5-7,9H2,1-2H3. The monoisotopic (exact) mass is 265 g/mol. The van der Waals surface area contributed by atoms with Gasteiger partial charge in [-0.15, -0.1) is 0 Å². The first-order valence-corrected chi connectivity index (χ1v) is 6.84. The van der Waals surface area contributed by atoms with Crippen molar-refractivity contribution in [1.29, 1.82) is 0 Å². The lowest BCUT2D eigenvalue weighted by atomic mass is 10.1. The Morgan fingerprint density at radius 3 is 2.94 bits per heavy atom. The average molecular weight is 266 g/mol. The van der Waals surface area contributed by atoms with Gasteiger partial charge in [-0.05, 0) is 31.5 Å². The van der Waals surface area contributed by atoms with E-state index in [9.17, 15) is 0 Å². The number of hydrogen-bond donors (Lipinski definition) is 1. The predicted octanol–water partition coefficient (Wildman–Crippen LogP) is 3.00. The quantitative estimate of drug-likeness (QED) is 0.849. The predicted molar refractivity (Wildman–Crippen MR) is 77.2 cm³/mol. The third-order valence-electron chi connectivity index (χ3n) is 3.19. The lowest BCUT2D eigenvalue weighted by Gasteiger charge is -2.27. The third kappa shape index (κ3) is 3.24. The van der Waals surface area contributed by atoms with Gasteiger partial charge in [0.1, 0.15) is 5.82 Å². The molecular formula is C14H20ClN3. The molecule has 0 aliphatic carbocycles. The molecule has 2 heterocycles. The van der Waals surface area contributed by atoms with Crippen LogP contribution >= 0.6 is 11.6 Å². The first kappa shape index (κ1) is 13.4. The highest BCUT2D eigenvalue weighted by Gasteiger charge is 2.14. The van der Waals surface area contributed by atoms with Crippen LogP contribution in [0.2, 0.25) is 5.02 Å². The zero-order chi connectivity index (χ0) is 13.0. The molecule has 0 saturated carbocycles. The maximum Gasteiger partial charge on any atom is 0.147 e. The van der Waals surface area contributed by atoms with Crippen molar-refractivity contribution in [3.8, 4) is 0 Å². The second-order valence-corrected chi connectivity index (χ2v) is 5.08. The van der Waals surface area contributed by atoms with Gasteiger partial charge in [-0.2, -0.15) is 0 Å². The minimum atomic E-state index is 0.748. The van der Waals surface area contributed by atoms with E-state index >= 15 is 0 Å². The average Bonchev–Trinajstić information content (AvgIpc) is 2.38. The molecule has 0 aromatic carbocycles. The summed E-state index contributed by atoms with van der Waals surface area (Å²) in [5, 5.41) is 4.02. The molecule has 0 amide bonds. The van der Waals surface area contributed by atoms with E-state index in [4.69, 9.17) is 11.6 Å². The van der Waals surface area contributed by atoms with Crippen LogP contribution in [0.3, 0.4) is 0 Å². The Morgan fingerprint density at radius 1 is 1.50 bits per heavy atom. The smallest absolute Gasteiger partial charge is 0.147 e. The first-order chi connectivity index (χ1) is 8.70. The van der Waals surface area contributed by atoms with Crippen LogP contribution in [0.5, 0.6) is 0 Å². The lowest BCUT2D eigenvalue weighted by Crippen LogP contribution is -2.29. The van der Waals surface area contributed by atoms with Crippen LogP contribution in [0, 0.1) is 0 Å². The number of nitrogens with zero attached hydrogens (tertiary/aromatic N) is 2. The van der Waals surface area contributed by atoms with E-state index in [1.54, 1.807) is 0 Å². The van der Waals surface area contributed by atoms with Gasteiger partial charge in [0.05, 0.1) is 5.02 Å². The molecule has 1 aliphatic rings. The first-order valence-electron chi connectivity index (χ1n) is 6.46. The Labute approximate surface area is 114 Å². The molecule has 4 heteroatoms. The number of pyridine rings is 1. The lowest BCUT2D eigenvalue weighted by molar-refractivity contribution is 0.722. The van der Waals surface area contributed by atoms with E-state index in [-0.39, 0.29) is 0 Å². The molecule has 98 valence electrons. The number of rotatable bonds is 4. The fourth-order valence-electron chi connectivity index (χ4n) is 2.03. The normalized spacial score (nSPS) is 15.7. The molecule has 0 saturated heterocycles. The van der Waals surface area contributed by atoms with Crippen molar-refractivity contribution in [2.24, 2.45) is 0 Å². The van der Waals surface area contributed by atoms with E-state index < -0.39 is 0 Å². The Kier molecular flexibility index (Phi) is 4.61. The van der Waals surface area contributed by atoms with Gasteiger partial charge in [-0.3, -0.25) is 0 Å². The van der Waals surface area contributed by atoms with Crippen molar-refractivity contribution in [3.05, 3.63) is 34.5 Å².